The van der Waals surface area contributed by atoms with Gasteiger partial charge in [0.15, 0.2) is 5.82 Å². The number of halogens is 1. The highest BCUT2D eigenvalue weighted by molar-refractivity contribution is 5.94. The molecule has 2 rings (SSSR count). The minimum Gasteiger partial charge on any atom is -0.508 e. The molecule has 1 unspecified atom stereocenters. The average Bonchev–Trinajstić information content (AvgIpc) is 2.46. The number of phenolic OH excluding ortho intramolecular Hbond substituents is 1. The molecule has 0 radical (unpaired) electrons. The van der Waals surface area contributed by atoms with Crippen LogP contribution in [0.1, 0.15) is 28.9 Å². The number of amides is 1. The van der Waals surface area contributed by atoms with Crippen LogP contribution in [-0.2, 0) is 0 Å². The van der Waals surface area contributed by atoms with Crippen molar-refractivity contribution >= 4 is 5.91 Å². The Morgan fingerprint density at radius 3 is 2.55 bits per heavy atom. The molecule has 0 fully saturated rings. The molecule has 0 spiro atoms. The lowest BCUT2D eigenvalue weighted by atomic mass is 10.1. The number of hydrogen-bond acceptors (Lipinski definition) is 3. The van der Waals surface area contributed by atoms with Gasteiger partial charge < -0.3 is 10.0 Å². The molecule has 1 aromatic carbocycles. The molecule has 1 amide bonds. The summed E-state index contributed by atoms with van der Waals surface area (Å²) in [4.78, 5) is 17.3. The van der Waals surface area contributed by atoms with E-state index in [1.807, 2.05) is 6.92 Å². The van der Waals surface area contributed by atoms with Crippen molar-refractivity contribution < 1.29 is 14.3 Å². The summed E-state index contributed by atoms with van der Waals surface area (Å²) in [6, 6.07) is 7.68. The van der Waals surface area contributed by atoms with Crippen LogP contribution in [0.5, 0.6) is 5.75 Å². The monoisotopic (exact) mass is 274 g/mol. The molecule has 1 heterocycles. The molecule has 0 aliphatic rings. The minimum absolute atomic E-state index is 0.00636. The van der Waals surface area contributed by atoms with Gasteiger partial charge in [-0.25, -0.2) is 4.39 Å². The van der Waals surface area contributed by atoms with Crippen LogP contribution < -0.4 is 0 Å². The Hall–Kier alpha value is -2.43. The van der Waals surface area contributed by atoms with Gasteiger partial charge in [-0.3, -0.25) is 9.78 Å². The van der Waals surface area contributed by atoms with Crippen molar-refractivity contribution in [2.45, 2.75) is 13.0 Å². The van der Waals surface area contributed by atoms with Crippen LogP contribution in [0.25, 0.3) is 0 Å². The van der Waals surface area contributed by atoms with Gasteiger partial charge in [-0.2, -0.15) is 0 Å². The predicted molar refractivity (Wildman–Crippen MR) is 72.8 cm³/mol. The summed E-state index contributed by atoms with van der Waals surface area (Å²) in [6.07, 6.45) is 2.40. The number of nitrogens with zero attached hydrogens (tertiary/aromatic N) is 2. The van der Waals surface area contributed by atoms with Gasteiger partial charge in [0.1, 0.15) is 5.75 Å². The fourth-order valence-electron chi connectivity index (χ4n) is 1.89. The van der Waals surface area contributed by atoms with E-state index in [-0.39, 0.29) is 17.4 Å². The molecular formula is C15H15FN2O2. The van der Waals surface area contributed by atoms with Crippen LogP contribution in [0, 0.1) is 5.82 Å². The van der Waals surface area contributed by atoms with Crippen molar-refractivity contribution in [3.8, 4) is 5.75 Å². The summed E-state index contributed by atoms with van der Waals surface area (Å²) >= 11 is 0. The molecule has 1 aromatic heterocycles. The SMILES string of the molecule is CC(c1ccc(O)cc1)N(C)C(=O)c1ccncc1F. The van der Waals surface area contributed by atoms with Gasteiger partial charge in [-0.05, 0) is 30.7 Å². The second-order valence-electron chi connectivity index (χ2n) is 4.54. The number of carbonyl (C=O) groups excluding carboxylic acids is 1. The number of rotatable bonds is 3. The fraction of sp³-hybridized carbons (Fsp3) is 0.200. The number of carbonyl (C=O) groups is 1. The Morgan fingerprint density at radius 1 is 1.30 bits per heavy atom. The summed E-state index contributed by atoms with van der Waals surface area (Å²) in [5.41, 5.74) is 0.848. The van der Waals surface area contributed by atoms with Crippen LogP contribution in [0.4, 0.5) is 4.39 Å². The number of aromatic nitrogens is 1. The van der Waals surface area contributed by atoms with E-state index in [1.165, 1.54) is 17.2 Å². The van der Waals surface area contributed by atoms with Crippen molar-refractivity contribution in [1.82, 2.24) is 9.88 Å². The molecule has 1 atom stereocenters. The fourth-order valence-corrected chi connectivity index (χ4v) is 1.89. The summed E-state index contributed by atoms with van der Waals surface area (Å²) in [5, 5.41) is 9.26. The first-order valence-electron chi connectivity index (χ1n) is 6.16. The lowest BCUT2D eigenvalue weighted by Gasteiger charge is -2.25. The van der Waals surface area contributed by atoms with Crippen molar-refractivity contribution in [1.29, 1.82) is 0 Å². The number of pyridine rings is 1. The number of benzene rings is 1. The standard InChI is InChI=1S/C15H15FN2O2/c1-10(11-3-5-12(19)6-4-11)18(2)15(20)13-7-8-17-9-14(13)16/h3-10,19H,1-2H3. The zero-order valence-electron chi connectivity index (χ0n) is 11.2. The molecule has 5 heteroatoms. The van der Waals surface area contributed by atoms with Gasteiger partial charge in [-0.15, -0.1) is 0 Å². The second kappa shape index (κ2) is 5.69. The molecule has 4 nitrogen and oxygen atoms in total. The average molecular weight is 274 g/mol. The largest absolute Gasteiger partial charge is 0.508 e. The maximum absolute atomic E-state index is 13.6. The van der Waals surface area contributed by atoms with E-state index in [9.17, 15) is 14.3 Å². The Morgan fingerprint density at radius 2 is 1.95 bits per heavy atom. The van der Waals surface area contributed by atoms with E-state index in [0.717, 1.165) is 11.8 Å². The quantitative estimate of drug-likeness (QED) is 0.936. The maximum atomic E-state index is 13.6. The molecule has 0 saturated heterocycles. The van der Waals surface area contributed by atoms with E-state index in [2.05, 4.69) is 4.98 Å². The third-order valence-corrected chi connectivity index (χ3v) is 3.28. The van der Waals surface area contributed by atoms with E-state index in [0.29, 0.717) is 0 Å². The summed E-state index contributed by atoms with van der Waals surface area (Å²) in [5.74, 6) is -0.886. The molecule has 0 saturated carbocycles. The van der Waals surface area contributed by atoms with E-state index in [1.54, 1.807) is 31.3 Å². The molecule has 0 aliphatic carbocycles. The smallest absolute Gasteiger partial charge is 0.257 e. The van der Waals surface area contributed by atoms with Crippen molar-refractivity contribution in [2.75, 3.05) is 7.05 Å². The van der Waals surface area contributed by atoms with Gasteiger partial charge in [0.2, 0.25) is 0 Å². The van der Waals surface area contributed by atoms with Crippen LogP contribution in [-0.4, -0.2) is 27.9 Å². The minimum atomic E-state index is -0.637. The van der Waals surface area contributed by atoms with E-state index < -0.39 is 11.7 Å². The Bertz CT molecular complexity index is 614. The maximum Gasteiger partial charge on any atom is 0.257 e. The zero-order valence-corrected chi connectivity index (χ0v) is 11.2. The van der Waals surface area contributed by atoms with Crippen LogP contribution >= 0.6 is 0 Å². The zero-order chi connectivity index (χ0) is 14.7. The van der Waals surface area contributed by atoms with Gasteiger partial charge in [0, 0.05) is 13.2 Å². The molecular weight excluding hydrogens is 259 g/mol. The van der Waals surface area contributed by atoms with Crippen LogP contribution in [0.15, 0.2) is 42.7 Å². The van der Waals surface area contributed by atoms with E-state index >= 15 is 0 Å². The Labute approximate surface area is 116 Å². The van der Waals surface area contributed by atoms with Crippen LogP contribution in [0.2, 0.25) is 0 Å². The number of aromatic hydroxyl groups is 1. The normalized spacial score (nSPS) is 11.9. The third-order valence-electron chi connectivity index (χ3n) is 3.28. The highest BCUT2D eigenvalue weighted by Crippen LogP contribution is 2.23. The Balaban J connectivity index is 2.22. The predicted octanol–water partition coefficient (Wildman–Crippen LogP) is 2.76. The molecule has 1 N–H and O–H groups in total. The van der Waals surface area contributed by atoms with E-state index in [4.69, 9.17) is 0 Å². The molecule has 104 valence electrons. The highest BCUT2D eigenvalue weighted by atomic mass is 19.1. The number of phenols is 1. The number of hydrogen-bond donors (Lipinski definition) is 1. The first-order valence-corrected chi connectivity index (χ1v) is 6.16. The highest BCUT2D eigenvalue weighted by Gasteiger charge is 2.21. The summed E-state index contributed by atoms with van der Waals surface area (Å²) in [6.45, 7) is 1.84. The topological polar surface area (TPSA) is 53.4 Å². The van der Waals surface area contributed by atoms with Crippen molar-refractivity contribution in [2.24, 2.45) is 0 Å². The third kappa shape index (κ3) is 2.77. The summed E-state index contributed by atoms with van der Waals surface area (Å²) in [7, 11) is 1.61. The Kier molecular flexibility index (Phi) is 3.98. The lowest BCUT2D eigenvalue weighted by Crippen LogP contribution is -2.30. The van der Waals surface area contributed by atoms with Gasteiger partial charge in [0.25, 0.3) is 5.91 Å². The summed E-state index contributed by atoms with van der Waals surface area (Å²) < 4.78 is 13.6. The lowest BCUT2D eigenvalue weighted by molar-refractivity contribution is 0.0737. The second-order valence-corrected chi connectivity index (χ2v) is 4.54. The van der Waals surface area contributed by atoms with Crippen molar-refractivity contribution in [3.05, 3.63) is 59.7 Å². The van der Waals surface area contributed by atoms with Crippen LogP contribution in [0.3, 0.4) is 0 Å². The van der Waals surface area contributed by atoms with Gasteiger partial charge in [0.05, 0.1) is 17.8 Å². The molecule has 2 aromatic rings. The molecule has 0 bridgehead atoms. The first-order chi connectivity index (χ1) is 9.50. The van der Waals surface area contributed by atoms with Gasteiger partial charge >= 0.3 is 0 Å². The van der Waals surface area contributed by atoms with Crippen molar-refractivity contribution in [3.63, 3.8) is 0 Å². The molecule has 20 heavy (non-hydrogen) atoms. The first kappa shape index (κ1) is 14.0. The van der Waals surface area contributed by atoms with Gasteiger partial charge in [-0.1, -0.05) is 12.1 Å². The molecule has 0 aliphatic heterocycles.